The van der Waals surface area contributed by atoms with Crippen molar-refractivity contribution in [3.63, 3.8) is 0 Å². The van der Waals surface area contributed by atoms with E-state index in [2.05, 4.69) is 16.0 Å². The number of anilines is 2. The zero-order valence-corrected chi connectivity index (χ0v) is 29.0. The van der Waals surface area contributed by atoms with Crippen LogP contribution in [0.3, 0.4) is 0 Å². The van der Waals surface area contributed by atoms with Crippen molar-refractivity contribution in [2.24, 2.45) is 0 Å². The maximum Gasteiger partial charge on any atom is 0.418 e. The standard InChI is InChI=1S/C42H32F3N3O4S/c1-27-16-18-28(19-17-27)37-25-22-32(52-37)26-36(48-39(49)30-12-6-3-7-13-30)40(50)46-31-20-23-33(24-21-31)53-38(29-10-4-2-5-11-29)41(51)47-35-15-9-8-14-34(35)42(43,44)45/h2-26,38H,1H3,(H,46,50)(H,47,51)(H,48,49)/b36-26-. The van der Waals surface area contributed by atoms with Gasteiger partial charge in [-0.1, -0.05) is 90.5 Å². The smallest absolute Gasteiger partial charge is 0.418 e. The van der Waals surface area contributed by atoms with E-state index in [-0.39, 0.29) is 11.4 Å². The van der Waals surface area contributed by atoms with Gasteiger partial charge in [-0.25, -0.2) is 0 Å². The normalized spacial score (nSPS) is 12.1. The maximum absolute atomic E-state index is 13.7. The number of nitrogens with one attached hydrogen (secondary N) is 3. The van der Waals surface area contributed by atoms with Gasteiger partial charge in [-0.15, -0.1) is 11.8 Å². The van der Waals surface area contributed by atoms with Crippen LogP contribution < -0.4 is 16.0 Å². The zero-order valence-electron chi connectivity index (χ0n) is 28.2. The highest BCUT2D eigenvalue weighted by atomic mass is 32.2. The number of amides is 3. The van der Waals surface area contributed by atoms with E-state index in [1.54, 1.807) is 97.1 Å². The van der Waals surface area contributed by atoms with Crippen molar-refractivity contribution >= 4 is 46.9 Å². The van der Waals surface area contributed by atoms with Crippen molar-refractivity contribution in [1.29, 1.82) is 0 Å². The number of carbonyl (C=O) groups is 3. The third kappa shape index (κ3) is 9.52. The number of hydrogen-bond acceptors (Lipinski definition) is 5. The fourth-order valence-electron chi connectivity index (χ4n) is 5.28. The number of halogens is 3. The number of alkyl halides is 3. The third-order valence-corrected chi connectivity index (χ3v) is 9.24. The predicted octanol–water partition coefficient (Wildman–Crippen LogP) is 10.2. The highest BCUT2D eigenvalue weighted by Crippen LogP contribution is 2.39. The van der Waals surface area contributed by atoms with Gasteiger partial charge in [0.15, 0.2) is 0 Å². The number of para-hydroxylation sites is 1. The Labute approximate surface area is 307 Å². The van der Waals surface area contributed by atoms with Crippen molar-refractivity contribution in [1.82, 2.24) is 5.32 Å². The summed E-state index contributed by atoms with van der Waals surface area (Å²) in [4.78, 5) is 40.9. The molecule has 1 aromatic heterocycles. The second kappa shape index (κ2) is 16.3. The van der Waals surface area contributed by atoms with Crippen LogP contribution in [0.4, 0.5) is 24.5 Å². The molecule has 266 valence electrons. The molecule has 0 saturated heterocycles. The molecule has 6 aromatic rings. The van der Waals surface area contributed by atoms with Gasteiger partial charge in [0.25, 0.3) is 11.8 Å². The van der Waals surface area contributed by atoms with Crippen LogP contribution in [0.15, 0.2) is 161 Å². The first-order chi connectivity index (χ1) is 25.5. The minimum atomic E-state index is -4.65. The summed E-state index contributed by atoms with van der Waals surface area (Å²) in [6.45, 7) is 1.98. The van der Waals surface area contributed by atoms with Crippen molar-refractivity contribution in [3.05, 3.63) is 179 Å². The van der Waals surface area contributed by atoms with Crippen LogP contribution in [0.25, 0.3) is 17.4 Å². The van der Waals surface area contributed by atoms with Crippen LogP contribution >= 0.6 is 11.8 Å². The average molecular weight is 732 g/mol. The molecule has 1 atom stereocenters. The Morgan fingerprint density at radius 2 is 1.36 bits per heavy atom. The van der Waals surface area contributed by atoms with Gasteiger partial charge in [0.05, 0.1) is 11.3 Å². The van der Waals surface area contributed by atoms with Crippen molar-refractivity contribution < 1.29 is 32.0 Å². The molecule has 0 aliphatic heterocycles. The molecule has 5 aromatic carbocycles. The maximum atomic E-state index is 13.7. The van der Waals surface area contributed by atoms with Crippen LogP contribution in [0.1, 0.15) is 38.1 Å². The van der Waals surface area contributed by atoms with Crippen LogP contribution in [-0.2, 0) is 15.8 Å². The second-order valence-electron chi connectivity index (χ2n) is 11.9. The highest BCUT2D eigenvalue weighted by Gasteiger charge is 2.34. The van der Waals surface area contributed by atoms with Gasteiger partial charge in [0.2, 0.25) is 5.91 Å². The Morgan fingerprint density at radius 1 is 0.717 bits per heavy atom. The number of carbonyl (C=O) groups excluding carboxylic acids is 3. The molecule has 3 N–H and O–H groups in total. The predicted molar refractivity (Wildman–Crippen MR) is 201 cm³/mol. The lowest BCUT2D eigenvalue weighted by Crippen LogP contribution is -2.30. The molecule has 0 fully saturated rings. The number of furan rings is 1. The average Bonchev–Trinajstić information content (AvgIpc) is 3.63. The molecule has 0 saturated carbocycles. The quantitative estimate of drug-likeness (QED) is 0.0910. The van der Waals surface area contributed by atoms with Gasteiger partial charge in [-0.05, 0) is 73.2 Å². The first kappa shape index (κ1) is 36.5. The summed E-state index contributed by atoms with van der Waals surface area (Å²) in [5, 5.41) is 7.04. The molecule has 0 radical (unpaired) electrons. The van der Waals surface area contributed by atoms with E-state index in [9.17, 15) is 27.6 Å². The molecular weight excluding hydrogens is 700 g/mol. The Hall–Kier alpha value is -6.33. The minimum absolute atomic E-state index is 0.0675. The summed E-state index contributed by atoms with van der Waals surface area (Å²) in [6.07, 6.45) is -3.21. The van der Waals surface area contributed by atoms with E-state index in [0.29, 0.717) is 33.2 Å². The van der Waals surface area contributed by atoms with Crippen molar-refractivity contribution in [3.8, 4) is 11.3 Å². The number of thioether (sulfide) groups is 1. The van der Waals surface area contributed by atoms with E-state index in [4.69, 9.17) is 4.42 Å². The highest BCUT2D eigenvalue weighted by molar-refractivity contribution is 8.00. The second-order valence-corrected chi connectivity index (χ2v) is 13.0. The molecule has 53 heavy (non-hydrogen) atoms. The van der Waals surface area contributed by atoms with E-state index >= 15 is 0 Å². The fraction of sp³-hybridized carbons (Fsp3) is 0.0714. The zero-order chi connectivity index (χ0) is 37.4. The fourth-order valence-corrected chi connectivity index (χ4v) is 6.30. The topological polar surface area (TPSA) is 100 Å². The Balaban J connectivity index is 1.21. The number of hydrogen-bond donors (Lipinski definition) is 3. The van der Waals surface area contributed by atoms with Gasteiger partial charge in [0, 0.05) is 27.8 Å². The van der Waals surface area contributed by atoms with Crippen molar-refractivity contribution in [2.75, 3.05) is 10.6 Å². The molecule has 1 unspecified atom stereocenters. The monoisotopic (exact) mass is 731 g/mol. The van der Waals surface area contributed by atoms with Crippen LogP contribution in [0.2, 0.25) is 0 Å². The molecular formula is C42H32F3N3O4S. The summed E-state index contributed by atoms with van der Waals surface area (Å²) < 4.78 is 47.0. The largest absolute Gasteiger partial charge is 0.457 e. The third-order valence-electron chi connectivity index (χ3n) is 7.98. The Morgan fingerprint density at radius 3 is 2.04 bits per heavy atom. The van der Waals surface area contributed by atoms with E-state index in [0.717, 1.165) is 29.0 Å². The Kier molecular flexibility index (Phi) is 11.2. The molecule has 11 heteroatoms. The summed E-state index contributed by atoms with van der Waals surface area (Å²) >= 11 is 1.14. The first-order valence-electron chi connectivity index (χ1n) is 16.4. The van der Waals surface area contributed by atoms with Gasteiger partial charge in [-0.2, -0.15) is 13.2 Å². The van der Waals surface area contributed by atoms with Crippen LogP contribution in [0.5, 0.6) is 0 Å². The molecule has 7 nitrogen and oxygen atoms in total. The lowest BCUT2D eigenvalue weighted by atomic mass is 10.1. The molecule has 0 aliphatic carbocycles. The van der Waals surface area contributed by atoms with Gasteiger partial charge >= 0.3 is 6.18 Å². The van der Waals surface area contributed by atoms with Gasteiger partial charge in [-0.3, -0.25) is 14.4 Å². The lowest BCUT2D eigenvalue weighted by Gasteiger charge is -2.19. The summed E-state index contributed by atoms with van der Waals surface area (Å²) in [7, 11) is 0. The minimum Gasteiger partial charge on any atom is -0.457 e. The first-order valence-corrected chi connectivity index (χ1v) is 17.3. The van der Waals surface area contributed by atoms with Gasteiger partial charge in [0.1, 0.15) is 22.5 Å². The molecule has 3 amide bonds. The van der Waals surface area contributed by atoms with E-state index in [1.807, 2.05) is 31.2 Å². The number of aryl methyl sites for hydroxylation is 1. The van der Waals surface area contributed by atoms with Crippen LogP contribution in [-0.4, -0.2) is 17.7 Å². The molecule has 1 heterocycles. The van der Waals surface area contributed by atoms with Crippen LogP contribution in [0, 0.1) is 6.92 Å². The Bertz CT molecular complexity index is 2240. The summed E-state index contributed by atoms with van der Waals surface area (Å²) in [6, 6.07) is 39.8. The van der Waals surface area contributed by atoms with E-state index in [1.165, 1.54) is 24.3 Å². The van der Waals surface area contributed by atoms with Gasteiger partial charge < -0.3 is 20.4 Å². The number of benzene rings is 5. The summed E-state index contributed by atoms with van der Waals surface area (Å²) in [5.41, 5.74) is 1.93. The number of rotatable bonds is 11. The molecule has 6 rings (SSSR count). The molecule has 0 bridgehead atoms. The lowest BCUT2D eigenvalue weighted by molar-refractivity contribution is -0.137. The van der Waals surface area contributed by atoms with E-state index < -0.39 is 34.7 Å². The summed E-state index contributed by atoms with van der Waals surface area (Å²) in [5.74, 6) is -0.817. The molecule has 0 aliphatic rings. The SMILES string of the molecule is Cc1ccc(-c2ccc(/C=C(\NC(=O)c3ccccc3)C(=O)Nc3ccc(SC(C(=O)Nc4ccccc4C(F)(F)F)c4ccccc4)cc3)o2)cc1. The molecule has 0 spiro atoms. The van der Waals surface area contributed by atoms with Crippen molar-refractivity contribution in [2.45, 2.75) is 23.2 Å².